The van der Waals surface area contributed by atoms with E-state index < -0.39 is 0 Å². The van der Waals surface area contributed by atoms with Gasteiger partial charge in [-0.05, 0) is 19.3 Å². The number of hydrogen-bond donors (Lipinski definition) is 0. The third-order valence-corrected chi connectivity index (χ3v) is 4.12. The Morgan fingerprint density at radius 3 is 2.31 bits per heavy atom. The third-order valence-electron chi connectivity index (χ3n) is 4.12. The van der Waals surface area contributed by atoms with Crippen LogP contribution in [0.2, 0.25) is 0 Å². The summed E-state index contributed by atoms with van der Waals surface area (Å²) in [6.07, 6.45) is 9.85. The second-order valence-electron chi connectivity index (χ2n) is 5.34. The summed E-state index contributed by atoms with van der Waals surface area (Å²) in [6, 6.07) is 0.919. The highest BCUT2D eigenvalue weighted by molar-refractivity contribution is 4.83. The SMILES string of the molecule is CCC[CH]N1CCN(C2CCCCC2)CC1. The van der Waals surface area contributed by atoms with Crippen LogP contribution >= 0.6 is 0 Å². The van der Waals surface area contributed by atoms with Gasteiger partial charge >= 0.3 is 0 Å². The minimum absolute atomic E-state index is 0.919. The van der Waals surface area contributed by atoms with Gasteiger partial charge in [0.15, 0.2) is 0 Å². The highest BCUT2D eigenvalue weighted by Gasteiger charge is 2.24. The molecule has 1 saturated carbocycles. The first-order valence-electron chi connectivity index (χ1n) is 7.21. The largest absolute Gasteiger partial charge is 0.298 e. The summed E-state index contributed by atoms with van der Waals surface area (Å²) in [4.78, 5) is 5.28. The Kier molecular flexibility index (Phi) is 5.11. The van der Waals surface area contributed by atoms with Crippen molar-refractivity contribution in [3.8, 4) is 0 Å². The molecular weight excluding hydrogens is 196 g/mol. The average molecular weight is 223 g/mol. The molecule has 2 heteroatoms. The Bertz CT molecular complexity index is 179. The molecule has 0 unspecified atom stereocenters. The standard InChI is InChI=1S/C14H27N2/c1-2-3-9-15-10-12-16(13-11-15)14-7-5-4-6-8-14/h9,14H,2-8,10-13H2,1H3. The molecule has 1 saturated heterocycles. The lowest BCUT2D eigenvalue weighted by molar-refractivity contribution is 0.0907. The maximum atomic E-state index is 2.75. The van der Waals surface area contributed by atoms with E-state index in [2.05, 4.69) is 23.3 Å². The van der Waals surface area contributed by atoms with Gasteiger partial charge < -0.3 is 0 Å². The Morgan fingerprint density at radius 1 is 1.00 bits per heavy atom. The summed E-state index contributed by atoms with van der Waals surface area (Å²) in [5.74, 6) is 0. The third kappa shape index (κ3) is 3.46. The Balaban J connectivity index is 1.67. The van der Waals surface area contributed by atoms with Crippen molar-refractivity contribution in [2.75, 3.05) is 26.2 Å². The molecule has 2 fully saturated rings. The minimum Gasteiger partial charge on any atom is -0.298 e. The first-order chi connectivity index (χ1) is 7.90. The maximum absolute atomic E-state index is 2.75. The summed E-state index contributed by atoms with van der Waals surface area (Å²) in [5, 5.41) is 0. The second kappa shape index (κ2) is 6.61. The molecule has 0 aromatic rings. The molecular formula is C14H27N2. The van der Waals surface area contributed by atoms with E-state index in [0.717, 1.165) is 6.04 Å². The second-order valence-corrected chi connectivity index (χ2v) is 5.34. The van der Waals surface area contributed by atoms with E-state index in [1.807, 2.05) is 0 Å². The lowest BCUT2D eigenvalue weighted by atomic mass is 9.94. The summed E-state index contributed by atoms with van der Waals surface area (Å²) >= 11 is 0. The van der Waals surface area contributed by atoms with Gasteiger partial charge in [-0.1, -0.05) is 32.6 Å². The van der Waals surface area contributed by atoms with Crippen molar-refractivity contribution < 1.29 is 0 Å². The van der Waals surface area contributed by atoms with Crippen LogP contribution in [0.3, 0.4) is 0 Å². The average Bonchev–Trinajstić information content (AvgIpc) is 2.38. The molecule has 1 heterocycles. The molecule has 1 aliphatic carbocycles. The molecule has 0 spiro atoms. The molecule has 93 valence electrons. The van der Waals surface area contributed by atoms with E-state index in [0.29, 0.717) is 0 Å². The molecule has 2 aliphatic rings. The monoisotopic (exact) mass is 223 g/mol. The van der Waals surface area contributed by atoms with Crippen LogP contribution < -0.4 is 0 Å². The van der Waals surface area contributed by atoms with Crippen LogP contribution in [0.1, 0.15) is 51.9 Å². The molecule has 0 aromatic heterocycles. The van der Waals surface area contributed by atoms with Crippen molar-refractivity contribution in [3.05, 3.63) is 6.54 Å². The number of rotatable bonds is 4. The highest BCUT2D eigenvalue weighted by Crippen LogP contribution is 2.23. The van der Waals surface area contributed by atoms with Crippen LogP contribution in [0, 0.1) is 6.54 Å². The molecule has 0 N–H and O–H groups in total. The van der Waals surface area contributed by atoms with Crippen LogP contribution in [0.5, 0.6) is 0 Å². The minimum atomic E-state index is 0.919. The van der Waals surface area contributed by atoms with Gasteiger partial charge in [-0.2, -0.15) is 0 Å². The number of hydrogen-bond acceptors (Lipinski definition) is 2. The molecule has 1 radical (unpaired) electrons. The van der Waals surface area contributed by atoms with E-state index in [-0.39, 0.29) is 0 Å². The van der Waals surface area contributed by atoms with Crippen molar-refractivity contribution in [2.45, 2.75) is 57.9 Å². The topological polar surface area (TPSA) is 6.48 Å². The van der Waals surface area contributed by atoms with Crippen LogP contribution in [-0.4, -0.2) is 42.0 Å². The van der Waals surface area contributed by atoms with E-state index in [1.165, 1.54) is 71.1 Å². The number of piperazine rings is 1. The summed E-state index contributed by atoms with van der Waals surface area (Å²) in [7, 11) is 0. The number of unbranched alkanes of at least 4 members (excludes halogenated alkanes) is 1. The zero-order chi connectivity index (χ0) is 11.2. The van der Waals surface area contributed by atoms with Crippen molar-refractivity contribution in [1.29, 1.82) is 0 Å². The van der Waals surface area contributed by atoms with E-state index in [4.69, 9.17) is 0 Å². The van der Waals surface area contributed by atoms with Gasteiger partial charge in [-0.25, -0.2) is 0 Å². The first-order valence-corrected chi connectivity index (χ1v) is 7.21. The van der Waals surface area contributed by atoms with Gasteiger partial charge in [0.25, 0.3) is 0 Å². The molecule has 0 aromatic carbocycles. The van der Waals surface area contributed by atoms with Crippen LogP contribution in [0.25, 0.3) is 0 Å². The quantitative estimate of drug-likeness (QED) is 0.723. The predicted molar refractivity (Wildman–Crippen MR) is 69.2 cm³/mol. The summed E-state index contributed by atoms with van der Waals surface area (Å²) < 4.78 is 0. The predicted octanol–water partition coefficient (Wildman–Crippen LogP) is 2.90. The number of nitrogens with zero attached hydrogens (tertiary/aromatic N) is 2. The van der Waals surface area contributed by atoms with Crippen LogP contribution in [0.4, 0.5) is 0 Å². The van der Waals surface area contributed by atoms with E-state index >= 15 is 0 Å². The molecule has 0 atom stereocenters. The normalized spacial score (nSPS) is 26.1. The highest BCUT2D eigenvalue weighted by atomic mass is 15.3. The zero-order valence-electron chi connectivity index (χ0n) is 10.8. The van der Waals surface area contributed by atoms with Gasteiger partial charge in [0, 0.05) is 38.8 Å². The fourth-order valence-electron chi connectivity index (χ4n) is 3.04. The fourth-order valence-corrected chi connectivity index (χ4v) is 3.04. The van der Waals surface area contributed by atoms with Gasteiger partial charge in [0.2, 0.25) is 0 Å². The van der Waals surface area contributed by atoms with Gasteiger partial charge in [-0.15, -0.1) is 0 Å². The van der Waals surface area contributed by atoms with Gasteiger partial charge in [0.1, 0.15) is 0 Å². The lowest BCUT2D eigenvalue weighted by Crippen LogP contribution is -2.49. The van der Waals surface area contributed by atoms with Crippen molar-refractivity contribution in [1.82, 2.24) is 9.80 Å². The molecule has 0 bridgehead atoms. The maximum Gasteiger partial charge on any atom is 0.0252 e. The Hall–Kier alpha value is -0.0800. The van der Waals surface area contributed by atoms with E-state index in [1.54, 1.807) is 0 Å². The zero-order valence-corrected chi connectivity index (χ0v) is 10.8. The summed E-state index contributed by atoms with van der Waals surface area (Å²) in [5.41, 5.74) is 0. The fraction of sp³-hybridized carbons (Fsp3) is 0.929. The van der Waals surface area contributed by atoms with Crippen molar-refractivity contribution in [2.24, 2.45) is 0 Å². The van der Waals surface area contributed by atoms with Crippen molar-refractivity contribution >= 4 is 0 Å². The van der Waals surface area contributed by atoms with Crippen molar-refractivity contribution in [3.63, 3.8) is 0 Å². The first kappa shape index (κ1) is 12.4. The van der Waals surface area contributed by atoms with Crippen LogP contribution in [0.15, 0.2) is 0 Å². The smallest absolute Gasteiger partial charge is 0.0252 e. The molecule has 2 nitrogen and oxygen atoms in total. The Labute approximate surface area is 101 Å². The molecule has 2 rings (SSSR count). The lowest BCUT2D eigenvalue weighted by Gasteiger charge is -2.40. The molecule has 16 heavy (non-hydrogen) atoms. The molecule has 0 amide bonds. The molecule has 1 aliphatic heterocycles. The van der Waals surface area contributed by atoms with Gasteiger partial charge in [0.05, 0.1) is 0 Å². The van der Waals surface area contributed by atoms with Gasteiger partial charge in [-0.3, -0.25) is 9.80 Å². The Morgan fingerprint density at radius 2 is 1.69 bits per heavy atom. The van der Waals surface area contributed by atoms with Crippen LogP contribution in [-0.2, 0) is 0 Å². The summed E-state index contributed by atoms with van der Waals surface area (Å²) in [6.45, 7) is 9.79. The van der Waals surface area contributed by atoms with E-state index in [9.17, 15) is 0 Å².